The molecule has 0 bridgehead atoms. The minimum atomic E-state index is 0.669. The molecule has 1 unspecified atom stereocenters. The fraction of sp³-hybridized carbons (Fsp3) is 0.500. The van der Waals surface area contributed by atoms with Crippen LogP contribution in [0.3, 0.4) is 0 Å². The SMILES string of the molecule is CCCCC(CC)CO[n+]1ccc(CCCc2ccccc2)cc1. The van der Waals surface area contributed by atoms with E-state index in [-0.39, 0.29) is 0 Å². The fourth-order valence-corrected chi connectivity index (χ4v) is 2.93. The van der Waals surface area contributed by atoms with Crippen LogP contribution in [0.4, 0.5) is 0 Å². The van der Waals surface area contributed by atoms with Crippen molar-refractivity contribution in [2.24, 2.45) is 5.92 Å². The number of aromatic nitrogens is 1. The molecule has 1 aromatic carbocycles. The normalized spacial score (nSPS) is 12.1. The molecule has 0 spiro atoms. The van der Waals surface area contributed by atoms with Crippen LogP contribution in [0.5, 0.6) is 0 Å². The van der Waals surface area contributed by atoms with Crippen molar-refractivity contribution in [3.05, 3.63) is 66.0 Å². The van der Waals surface area contributed by atoms with Crippen molar-refractivity contribution in [3.8, 4) is 0 Å². The minimum Gasteiger partial charge on any atom is -0.271 e. The standard InChI is InChI=1S/C22H32NO/c1-3-5-10-20(4-2)19-24-23-17-15-22(16-18-23)14-9-13-21-11-7-6-8-12-21/h6-8,11-12,15-18,20H,3-5,9-10,13-14,19H2,1-2H3/q+1. The highest BCUT2D eigenvalue weighted by Crippen LogP contribution is 2.11. The van der Waals surface area contributed by atoms with Crippen LogP contribution >= 0.6 is 0 Å². The first-order valence-corrected chi connectivity index (χ1v) is 9.49. The Labute approximate surface area is 147 Å². The van der Waals surface area contributed by atoms with Crippen molar-refractivity contribution in [1.29, 1.82) is 0 Å². The highest BCUT2D eigenvalue weighted by Gasteiger charge is 2.10. The lowest BCUT2D eigenvalue weighted by Gasteiger charge is -2.11. The molecule has 2 heteroatoms. The molecule has 0 radical (unpaired) electrons. The number of unbranched alkanes of at least 4 members (excludes halogenated alkanes) is 1. The summed E-state index contributed by atoms with van der Waals surface area (Å²) in [5.41, 5.74) is 2.80. The summed E-state index contributed by atoms with van der Waals surface area (Å²) >= 11 is 0. The average Bonchev–Trinajstić information content (AvgIpc) is 2.64. The van der Waals surface area contributed by atoms with Gasteiger partial charge in [-0.1, -0.05) is 57.0 Å². The fourth-order valence-electron chi connectivity index (χ4n) is 2.93. The van der Waals surface area contributed by atoms with E-state index in [9.17, 15) is 0 Å². The van der Waals surface area contributed by atoms with E-state index in [0.717, 1.165) is 19.4 Å². The summed E-state index contributed by atoms with van der Waals surface area (Å²) in [5.74, 6) is 0.669. The Hall–Kier alpha value is -1.83. The highest BCUT2D eigenvalue weighted by atomic mass is 16.7. The van der Waals surface area contributed by atoms with E-state index in [4.69, 9.17) is 4.84 Å². The minimum absolute atomic E-state index is 0.669. The van der Waals surface area contributed by atoms with Crippen LogP contribution in [0.2, 0.25) is 0 Å². The number of hydrogen-bond donors (Lipinski definition) is 0. The third kappa shape index (κ3) is 6.74. The number of pyridine rings is 1. The molecule has 1 aromatic heterocycles. The van der Waals surface area contributed by atoms with E-state index in [1.54, 1.807) is 0 Å². The molecule has 0 aliphatic carbocycles. The molecule has 24 heavy (non-hydrogen) atoms. The molecule has 130 valence electrons. The summed E-state index contributed by atoms with van der Waals surface area (Å²) in [6, 6.07) is 15.1. The van der Waals surface area contributed by atoms with Gasteiger partial charge in [0.25, 0.3) is 0 Å². The maximum absolute atomic E-state index is 5.90. The molecular formula is C22H32NO+. The van der Waals surface area contributed by atoms with Gasteiger partial charge in [0.05, 0.1) is 0 Å². The van der Waals surface area contributed by atoms with Gasteiger partial charge in [0.15, 0.2) is 6.61 Å². The number of hydrogen-bond acceptors (Lipinski definition) is 1. The molecule has 0 saturated heterocycles. The van der Waals surface area contributed by atoms with Crippen molar-refractivity contribution < 1.29 is 9.57 Å². The Bertz CT molecular complexity index is 550. The van der Waals surface area contributed by atoms with Gasteiger partial charge < -0.3 is 0 Å². The van der Waals surface area contributed by atoms with Gasteiger partial charge in [-0.2, -0.15) is 0 Å². The van der Waals surface area contributed by atoms with E-state index in [1.807, 2.05) is 17.1 Å². The van der Waals surface area contributed by atoms with Gasteiger partial charge in [0, 0.05) is 16.9 Å². The average molecular weight is 327 g/mol. The molecule has 2 nitrogen and oxygen atoms in total. The highest BCUT2D eigenvalue weighted by molar-refractivity contribution is 5.15. The molecule has 0 amide bonds. The van der Waals surface area contributed by atoms with Crippen molar-refractivity contribution in [1.82, 2.24) is 0 Å². The molecule has 0 saturated carbocycles. The van der Waals surface area contributed by atoms with E-state index in [0.29, 0.717) is 5.92 Å². The zero-order valence-electron chi connectivity index (χ0n) is 15.3. The van der Waals surface area contributed by atoms with Crippen LogP contribution in [0, 0.1) is 5.92 Å². The lowest BCUT2D eigenvalue weighted by atomic mass is 10.0. The van der Waals surface area contributed by atoms with Crippen LogP contribution in [0.1, 0.15) is 57.1 Å². The van der Waals surface area contributed by atoms with Crippen molar-refractivity contribution in [2.45, 2.75) is 58.8 Å². The number of rotatable bonds is 11. The van der Waals surface area contributed by atoms with Crippen molar-refractivity contribution >= 4 is 0 Å². The van der Waals surface area contributed by atoms with Gasteiger partial charge in [0.1, 0.15) is 0 Å². The Kier molecular flexibility index (Phi) is 8.37. The van der Waals surface area contributed by atoms with Gasteiger partial charge in [-0.3, -0.25) is 4.84 Å². The zero-order chi connectivity index (χ0) is 17.0. The Morgan fingerprint density at radius 2 is 1.54 bits per heavy atom. The van der Waals surface area contributed by atoms with Crippen molar-refractivity contribution in [2.75, 3.05) is 6.61 Å². The van der Waals surface area contributed by atoms with E-state index in [2.05, 4.69) is 56.3 Å². The van der Waals surface area contributed by atoms with Gasteiger partial charge in [-0.25, -0.2) is 0 Å². The molecule has 0 aliphatic rings. The van der Waals surface area contributed by atoms with Crippen LogP contribution in [0.25, 0.3) is 0 Å². The van der Waals surface area contributed by atoms with Gasteiger partial charge in [-0.15, -0.1) is 0 Å². The zero-order valence-corrected chi connectivity index (χ0v) is 15.3. The molecule has 1 atom stereocenters. The maximum atomic E-state index is 5.90. The number of benzene rings is 1. The molecule has 0 fully saturated rings. The first-order chi connectivity index (χ1) is 11.8. The van der Waals surface area contributed by atoms with E-state index < -0.39 is 0 Å². The maximum Gasteiger partial charge on any atom is 0.222 e. The monoisotopic (exact) mass is 326 g/mol. The number of nitrogens with zero attached hydrogens (tertiary/aromatic N) is 1. The van der Waals surface area contributed by atoms with E-state index >= 15 is 0 Å². The number of aryl methyl sites for hydroxylation is 2. The van der Waals surface area contributed by atoms with Crippen LogP contribution < -0.4 is 9.57 Å². The lowest BCUT2D eigenvalue weighted by Crippen LogP contribution is -2.44. The third-order valence-corrected chi connectivity index (χ3v) is 4.65. The Morgan fingerprint density at radius 3 is 2.17 bits per heavy atom. The van der Waals surface area contributed by atoms with Gasteiger partial charge in [-0.05, 0) is 49.1 Å². The summed E-state index contributed by atoms with van der Waals surface area (Å²) < 4.78 is 1.86. The molecular weight excluding hydrogens is 294 g/mol. The van der Waals surface area contributed by atoms with Gasteiger partial charge >= 0.3 is 0 Å². The summed E-state index contributed by atoms with van der Waals surface area (Å²) in [5, 5.41) is 0. The molecule has 2 rings (SSSR count). The molecule has 0 N–H and O–H groups in total. The molecule has 2 aromatic rings. The second-order valence-electron chi connectivity index (χ2n) is 6.62. The third-order valence-electron chi connectivity index (χ3n) is 4.65. The first-order valence-electron chi connectivity index (χ1n) is 9.49. The van der Waals surface area contributed by atoms with E-state index in [1.165, 1.54) is 43.2 Å². The molecule has 0 aliphatic heterocycles. The summed E-state index contributed by atoms with van der Waals surface area (Å²) in [6.07, 6.45) is 12.6. The van der Waals surface area contributed by atoms with Crippen LogP contribution in [-0.2, 0) is 12.8 Å². The van der Waals surface area contributed by atoms with Crippen molar-refractivity contribution in [3.63, 3.8) is 0 Å². The lowest BCUT2D eigenvalue weighted by molar-refractivity contribution is -0.892. The Balaban J connectivity index is 1.72. The molecule has 1 heterocycles. The van der Waals surface area contributed by atoms with Crippen LogP contribution in [0.15, 0.2) is 54.9 Å². The summed E-state index contributed by atoms with van der Waals surface area (Å²) in [6.45, 7) is 5.32. The van der Waals surface area contributed by atoms with Crippen LogP contribution in [-0.4, -0.2) is 6.61 Å². The second kappa shape index (κ2) is 10.9. The first kappa shape index (κ1) is 18.5. The second-order valence-corrected chi connectivity index (χ2v) is 6.62. The Morgan fingerprint density at radius 1 is 0.875 bits per heavy atom. The smallest absolute Gasteiger partial charge is 0.222 e. The largest absolute Gasteiger partial charge is 0.271 e. The topological polar surface area (TPSA) is 13.1 Å². The summed E-state index contributed by atoms with van der Waals surface area (Å²) in [7, 11) is 0. The van der Waals surface area contributed by atoms with Gasteiger partial charge in [0.2, 0.25) is 12.4 Å². The predicted molar refractivity (Wildman–Crippen MR) is 99.9 cm³/mol. The quantitative estimate of drug-likeness (QED) is 0.541. The predicted octanol–water partition coefficient (Wildman–Crippen LogP) is 4.79. The summed E-state index contributed by atoms with van der Waals surface area (Å²) in [4.78, 5) is 5.90.